The molecule has 3 rings (SSSR count). The maximum atomic E-state index is 11.1. The van der Waals surface area contributed by atoms with Crippen LogP contribution in [-0.2, 0) is 4.74 Å². The molecule has 1 saturated carbocycles. The summed E-state index contributed by atoms with van der Waals surface area (Å²) in [7, 11) is 0. The van der Waals surface area contributed by atoms with Crippen LogP contribution in [0.3, 0.4) is 0 Å². The van der Waals surface area contributed by atoms with E-state index in [1.165, 1.54) is 57.8 Å². The predicted molar refractivity (Wildman–Crippen MR) is 90.7 cm³/mol. The number of amides is 1. The van der Waals surface area contributed by atoms with E-state index < -0.39 is 6.09 Å². The number of nitrogens with two attached hydrogens (primary N) is 1. The molecule has 1 aliphatic carbocycles. The van der Waals surface area contributed by atoms with Gasteiger partial charge in [0.2, 0.25) is 0 Å². The van der Waals surface area contributed by atoms with E-state index in [0.717, 1.165) is 31.1 Å². The molecule has 0 spiro atoms. The fraction of sp³-hybridized carbons (Fsp3) is 0.833. The molecule has 5 heteroatoms. The van der Waals surface area contributed by atoms with Crippen LogP contribution < -0.4 is 11.1 Å². The molecule has 3 atom stereocenters. The SMILES string of the molecule is NC(=O)OC1CCN2CCCCCCCCCC3CC3NC=C12. The van der Waals surface area contributed by atoms with E-state index in [0.29, 0.717) is 6.04 Å². The van der Waals surface area contributed by atoms with Crippen LogP contribution in [-0.4, -0.2) is 36.2 Å². The number of ether oxygens (including phenoxy) is 1. The number of carbonyl (C=O) groups excluding carboxylic acids is 1. The van der Waals surface area contributed by atoms with Gasteiger partial charge in [-0.2, -0.15) is 0 Å². The number of rotatable bonds is 1. The Balaban J connectivity index is 1.62. The van der Waals surface area contributed by atoms with Crippen LogP contribution in [0.15, 0.2) is 11.9 Å². The van der Waals surface area contributed by atoms with Crippen LogP contribution in [0.4, 0.5) is 4.79 Å². The Hall–Kier alpha value is -1.39. The Morgan fingerprint density at radius 1 is 1.09 bits per heavy atom. The standard InChI is InChI=1S/C18H31N3O2/c19-18(22)23-17-9-11-21-10-7-5-3-1-2-4-6-8-14-12-15(14)20-13-16(17)21/h13-15,17,20H,1-12H2,(H2,19,22). The zero-order valence-electron chi connectivity index (χ0n) is 14.1. The van der Waals surface area contributed by atoms with Gasteiger partial charge in [0.1, 0.15) is 6.10 Å². The fourth-order valence-electron chi connectivity index (χ4n) is 3.99. The molecule has 2 fully saturated rings. The Morgan fingerprint density at radius 2 is 1.83 bits per heavy atom. The normalized spacial score (nSPS) is 32.4. The van der Waals surface area contributed by atoms with Crippen LogP contribution in [0.5, 0.6) is 0 Å². The maximum absolute atomic E-state index is 11.1. The topological polar surface area (TPSA) is 67.6 Å². The van der Waals surface area contributed by atoms with E-state index in [9.17, 15) is 4.79 Å². The second kappa shape index (κ2) is 7.93. The van der Waals surface area contributed by atoms with Crippen LogP contribution in [0.2, 0.25) is 0 Å². The first-order valence-electron chi connectivity index (χ1n) is 9.41. The minimum atomic E-state index is -0.669. The summed E-state index contributed by atoms with van der Waals surface area (Å²) in [6.45, 7) is 2.01. The van der Waals surface area contributed by atoms with Gasteiger partial charge < -0.3 is 20.7 Å². The molecule has 2 aliphatic heterocycles. The van der Waals surface area contributed by atoms with Gasteiger partial charge in [-0.1, -0.05) is 38.5 Å². The van der Waals surface area contributed by atoms with E-state index >= 15 is 0 Å². The minimum absolute atomic E-state index is 0.173. The summed E-state index contributed by atoms with van der Waals surface area (Å²) in [5.74, 6) is 0.835. The third kappa shape index (κ3) is 4.79. The average Bonchev–Trinajstić information content (AvgIpc) is 3.16. The molecule has 1 amide bonds. The van der Waals surface area contributed by atoms with Crippen molar-refractivity contribution in [3.05, 3.63) is 11.9 Å². The zero-order valence-corrected chi connectivity index (χ0v) is 14.1. The van der Waals surface area contributed by atoms with Crippen molar-refractivity contribution in [1.29, 1.82) is 0 Å². The molecule has 5 nitrogen and oxygen atoms in total. The van der Waals surface area contributed by atoms with Gasteiger partial charge in [0.15, 0.2) is 0 Å². The third-order valence-electron chi connectivity index (χ3n) is 5.49. The Morgan fingerprint density at radius 3 is 2.61 bits per heavy atom. The van der Waals surface area contributed by atoms with Crippen molar-refractivity contribution in [2.24, 2.45) is 11.7 Å². The number of primary amides is 1. The molecule has 0 aromatic heterocycles. The first-order chi connectivity index (χ1) is 11.2. The highest BCUT2D eigenvalue weighted by Gasteiger charge is 2.36. The summed E-state index contributed by atoms with van der Waals surface area (Å²) in [5, 5.41) is 3.56. The number of fused-ring (bicyclic) bond motifs is 2. The lowest BCUT2D eigenvalue weighted by Crippen LogP contribution is -2.28. The van der Waals surface area contributed by atoms with Crippen molar-refractivity contribution in [1.82, 2.24) is 10.2 Å². The quantitative estimate of drug-likeness (QED) is 0.779. The van der Waals surface area contributed by atoms with E-state index in [1.54, 1.807) is 0 Å². The number of carbonyl (C=O) groups is 1. The number of hydrogen-bond donors (Lipinski definition) is 2. The van der Waals surface area contributed by atoms with Gasteiger partial charge in [-0.05, 0) is 25.2 Å². The Kier molecular flexibility index (Phi) is 5.68. The van der Waals surface area contributed by atoms with E-state index in [-0.39, 0.29) is 6.10 Å². The largest absolute Gasteiger partial charge is 0.440 e. The molecular weight excluding hydrogens is 290 g/mol. The fourth-order valence-corrected chi connectivity index (χ4v) is 3.99. The minimum Gasteiger partial charge on any atom is -0.440 e. The Labute approximate surface area is 139 Å². The summed E-state index contributed by atoms with van der Waals surface area (Å²) in [6.07, 6.45) is 14.1. The van der Waals surface area contributed by atoms with Gasteiger partial charge in [0.05, 0.1) is 5.70 Å². The lowest BCUT2D eigenvalue weighted by molar-refractivity contribution is 0.125. The van der Waals surface area contributed by atoms with Crippen molar-refractivity contribution in [2.75, 3.05) is 13.1 Å². The molecule has 130 valence electrons. The number of hydrogen-bond acceptors (Lipinski definition) is 4. The van der Waals surface area contributed by atoms with E-state index in [1.807, 2.05) is 0 Å². The van der Waals surface area contributed by atoms with Gasteiger partial charge in [-0.15, -0.1) is 0 Å². The van der Waals surface area contributed by atoms with Crippen LogP contribution >= 0.6 is 0 Å². The molecule has 1 saturated heterocycles. The first-order valence-corrected chi connectivity index (χ1v) is 9.41. The van der Waals surface area contributed by atoms with Crippen molar-refractivity contribution in [3.63, 3.8) is 0 Å². The summed E-state index contributed by atoms with van der Waals surface area (Å²) >= 11 is 0. The predicted octanol–water partition coefficient (Wildman–Crippen LogP) is 3.11. The lowest BCUT2D eigenvalue weighted by atomic mass is 10.1. The molecule has 0 radical (unpaired) electrons. The van der Waals surface area contributed by atoms with Crippen molar-refractivity contribution < 1.29 is 9.53 Å². The molecule has 0 bridgehead atoms. The van der Waals surface area contributed by atoms with Gasteiger partial charge in [-0.3, -0.25) is 0 Å². The Bertz CT molecular complexity index is 438. The van der Waals surface area contributed by atoms with Crippen LogP contribution in [0.1, 0.15) is 64.2 Å². The summed E-state index contributed by atoms with van der Waals surface area (Å²) < 4.78 is 5.31. The molecule has 0 aromatic rings. The second-order valence-corrected chi connectivity index (χ2v) is 7.30. The smallest absolute Gasteiger partial charge is 0.405 e. The summed E-state index contributed by atoms with van der Waals surface area (Å²) in [6, 6.07) is 0.615. The first kappa shape index (κ1) is 16.5. The third-order valence-corrected chi connectivity index (χ3v) is 5.49. The lowest BCUT2D eigenvalue weighted by Gasteiger charge is -2.22. The molecular formula is C18H31N3O2. The molecule has 0 aromatic carbocycles. The molecule has 3 aliphatic rings. The van der Waals surface area contributed by atoms with Gasteiger partial charge >= 0.3 is 6.09 Å². The maximum Gasteiger partial charge on any atom is 0.405 e. The van der Waals surface area contributed by atoms with Gasteiger partial charge in [-0.25, -0.2) is 4.79 Å². The summed E-state index contributed by atoms with van der Waals surface area (Å²) in [4.78, 5) is 13.5. The highest BCUT2D eigenvalue weighted by atomic mass is 16.6. The highest BCUT2D eigenvalue weighted by molar-refractivity contribution is 5.65. The molecule has 23 heavy (non-hydrogen) atoms. The monoisotopic (exact) mass is 321 g/mol. The van der Waals surface area contributed by atoms with Crippen LogP contribution in [0.25, 0.3) is 0 Å². The van der Waals surface area contributed by atoms with Gasteiger partial charge in [0.25, 0.3) is 0 Å². The zero-order chi connectivity index (χ0) is 16.1. The molecule has 3 N–H and O–H groups in total. The van der Waals surface area contributed by atoms with Crippen molar-refractivity contribution in [2.45, 2.75) is 76.4 Å². The highest BCUT2D eigenvalue weighted by Crippen LogP contribution is 2.36. The van der Waals surface area contributed by atoms with E-state index in [4.69, 9.17) is 10.5 Å². The second-order valence-electron chi connectivity index (χ2n) is 7.30. The number of nitrogens with one attached hydrogen (secondary N) is 1. The van der Waals surface area contributed by atoms with E-state index in [2.05, 4.69) is 16.4 Å². The van der Waals surface area contributed by atoms with Crippen molar-refractivity contribution >= 4 is 6.09 Å². The summed E-state index contributed by atoms with van der Waals surface area (Å²) in [5.41, 5.74) is 6.34. The van der Waals surface area contributed by atoms with Crippen LogP contribution in [0, 0.1) is 5.92 Å². The number of nitrogens with zero attached hydrogens (tertiary/aromatic N) is 1. The van der Waals surface area contributed by atoms with Gasteiger partial charge in [0, 0.05) is 31.8 Å². The molecule has 3 unspecified atom stereocenters. The van der Waals surface area contributed by atoms with Crippen molar-refractivity contribution in [3.8, 4) is 0 Å². The average molecular weight is 321 g/mol. The molecule has 2 heterocycles.